The number of hydrogen-bond acceptors (Lipinski definition) is 8. The van der Waals surface area contributed by atoms with E-state index in [1.165, 1.54) is 31.4 Å². The number of nitrogens with one attached hydrogen (secondary N) is 1. The van der Waals surface area contributed by atoms with E-state index in [0.29, 0.717) is 10.0 Å². The lowest BCUT2D eigenvalue weighted by atomic mass is 10.1. The number of methoxy groups -OCH3 is 1. The average molecular weight is 522 g/mol. The summed E-state index contributed by atoms with van der Waals surface area (Å²) in [4.78, 5) is 48.5. The molecule has 1 N–H and O–H groups in total. The van der Waals surface area contributed by atoms with Crippen molar-refractivity contribution in [2.45, 2.75) is 32.9 Å². The van der Waals surface area contributed by atoms with Crippen LogP contribution in [0.2, 0.25) is 0 Å². The summed E-state index contributed by atoms with van der Waals surface area (Å²) in [6.07, 6.45) is 1.32. The van der Waals surface area contributed by atoms with Crippen molar-refractivity contribution in [2.75, 3.05) is 7.11 Å². The van der Waals surface area contributed by atoms with E-state index in [1.54, 1.807) is 26.8 Å². The molecular weight excluding hydrogens is 502 g/mol. The predicted molar refractivity (Wildman–Crippen MR) is 118 cm³/mol. The third kappa shape index (κ3) is 5.40. The van der Waals surface area contributed by atoms with E-state index in [2.05, 4.69) is 26.0 Å². The van der Waals surface area contributed by atoms with E-state index in [0.717, 1.165) is 4.90 Å². The van der Waals surface area contributed by atoms with Crippen LogP contribution in [-0.4, -0.2) is 40.4 Å². The van der Waals surface area contributed by atoms with Gasteiger partial charge in [0, 0.05) is 6.07 Å². The summed E-state index contributed by atoms with van der Waals surface area (Å²) < 4.78 is 15.9. The SMILES string of the molecule is COC(=O)c1ccc(CN2C(=O)N/C(=C\c3cc(Br)c(OC(C)(C)C)c([N+](=O)[O-])c3)C2=O)o1. The molecule has 3 rings (SSSR count). The zero-order valence-corrected chi connectivity index (χ0v) is 19.7. The third-order valence-corrected chi connectivity index (χ3v) is 4.88. The molecule has 0 atom stereocenters. The molecule has 0 unspecified atom stereocenters. The molecule has 1 aromatic heterocycles. The van der Waals surface area contributed by atoms with Crippen LogP contribution in [0.4, 0.5) is 10.5 Å². The number of furan rings is 1. The van der Waals surface area contributed by atoms with Crippen molar-refractivity contribution in [1.82, 2.24) is 10.2 Å². The summed E-state index contributed by atoms with van der Waals surface area (Å²) in [5, 5.41) is 14.0. The van der Waals surface area contributed by atoms with Crippen LogP contribution in [0.25, 0.3) is 6.08 Å². The van der Waals surface area contributed by atoms with Crippen LogP contribution in [0.3, 0.4) is 0 Å². The minimum Gasteiger partial charge on any atom is -0.480 e. The molecule has 0 aliphatic carbocycles. The Morgan fingerprint density at radius 1 is 1.30 bits per heavy atom. The van der Waals surface area contributed by atoms with E-state index >= 15 is 0 Å². The molecule has 2 aromatic rings. The normalized spacial score (nSPS) is 15.1. The fourth-order valence-corrected chi connectivity index (χ4v) is 3.48. The van der Waals surface area contributed by atoms with E-state index in [9.17, 15) is 24.5 Å². The lowest BCUT2D eigenvalue weighted by Gasteiger charge is -2.22. The molecule has 33 heavy (non-hydrogen) atoms. The predicted octanol–water partition coefficient (Wildman–Crippen LogP) is 4.01. The zero-order valence-electron chi connectivity index (χ0n) is 18.1. The Hall–Kier alpha value is -3.67. The highest BCUT2D eigenvalue weighted by Gasteiger charge is 2.35. The van der Waals surface area contributed by atoms with Crippen LogP contribution < -0.4 is 10.1 Å². The third-order valence-electron chi connectivity index (χ3n) is 4.29. The first-order valence-corrected chi connectivity index (χ1v) is 10.4. The number of nitro benzene ring substituents is 1. The second-order valence-corrected chi connectivity index (χ2v) is 8.81. The maximum Gasteiger partial charge on any atom is 0.373 e. The van der Waals surface area contributed by atoms with E-state index in [1.807, 2.05) is 0 Å². The van der Waals surface area contributed by atoms with Crippen LogP contribution in [0.15, 0.2) is 38.9 Å². The van der Waals surface area contributed by atoms with Gasteiger partial charge in [-0.15, -0.1) is 0 Å². The number of esters is 1. The van der Waals surface area contributed by atoms with Gasteiger partial charge in [0.05, 0.1) is 23.1 Å². The first-order chi connectivity index (χ1) is 15.4. The van der Waals surface area contributed by atoms with Crippen molar-refractivity contribution in [3.8, 4) is 5.75 Å². The number of amides is 3. The number of ether oxygens (including phenoxy) is 2. The van der Waals surface area contributed by atoms with Crippen LogP contribution in [0.1, 0.15) is 42.6 Å². The Kier molecular flexibility index (Phi) is 6.58. The van der Waals surface area contributed by atoms with Gasteiger partial charge in [0.1, 0.15) is 17.1 Å². The second-order valence-electron chi connectivity index (χ2n) is 7.96. The first kappa shape index (κ1) is 24.0. The van der Waals surface area contributed by atoms with Crippen LogP contribution in [0, 0.1) is 10.1 Å². The van der Waals surface area contributed by atoms with E-state index in [4.69, 9.17) is 9.15 Å². The summed E-state index contributed by atoms with van der Waals surface area (Å²) in [6.45, 7) is 5.05. The van der Waals surface area contributed by atoms with E-state index in [-0.39, 0.29) is 35.2 Å². The number of carbonyl (C=O) groups excluding carboxylic acids is 3. The van der Waals surface area contributed by atoms with E-state index < -0.39 is 28.4 Å². The minimum absolute atomic E-state index is 0.0530. The molecule has 1 fully saturated rings. The number of imide groups is 1. The van der Waals surface area contributed by atoms with Crippen molar-refractivity contribution < 1.29 is 33.2 Å². The fraction of sp³-hybridized carbons (Fsp3) is 0.286. The van der Waals surface area contributed by atoms with Crippen molar-refractivity contribution in [1.29, 1.82) is 0 Å². The van der Waals surface area contributed by atoms with Crippen molar-refractivity contribution >= 4 is 45.6 Å². The molecule has 0 radical (unpaired) electrons. The number of urea groups is 1. The average Bonchev–Trinajstić information content (AvgIpc) is 3.29. The number of nitro groups is 1. The summed E-state index contributed by atoms with van der Waals surface area (Å²) in [7, 11) is 1.20. The van der Waals surface area contributed by atoms with Gasteiger partial charge in [-0.25, -0.2) is 9.59 Å². The smallest absolute Gasteiger partial charge is 0.373 e. The van der Waals surface area contributed by atoms with Crippen molar-refractivity contribution in [3.05, 3.63) is 61.6 Å². The maximum atomic E-state index is 12.8. The van der Waals surface area contributed by atoms with Crippen LogP contribution in [-0.2, 0) is 16.1 Å². The van der Waals surface area contributed by atoms with Gasteiger partial charge in [-0.05, 0) is 66.5 Å². The molecule has 3 amide bonds. The van der Waals surface area contributed by atoms with Crippen LogP contribution in [0.5, 0.6) is 5.75 Å². The monoisotopic (exact) mass is 521 g/mol. The number of hydrogen-bond donors (Lipinski definition) is 1. The van der Waals surface area contributed by atoms with Gasteiger partial charge in [0.2, 0.25) is 11.5 Å². The van der Waals surface area contributed by atoms with Gasteiger partial charge in [-0.2, -0.15) is 0 Å². The Morgan fingerprint density at radius 2 is 2.00 bits per heavy atom. The highest BCUT2D eigenvalue weighted by Crippen LogP contribution is 2.39. The Labute approximate surface area is 196 Å². The highest BCUT2D eigenvalue weighted by molar-refractivity contribution is 9.10. The fourth-order valence-electron chi connectivity index (χ4n) is 2.94. The molecule has 1 aliphatic heterocycles. The van der Waals surface area contributed by atoms with Gasteiger partial charge in [0.25, 0.3) is 5.91 Å². The molecule has 12 heteroatoms. The summed E-state index contributed by atoms with van der Waals surface area (Å²) in [5.41, 5.74) is -0.759. The van der Waals surface area contributed by atoms with Gasteiger partial charge in [-0.1, -0.05) is 0 Å². The molecule has 2 heterocycles. The molecular formula is C21H20BrN3O8. The zero-order chi connectivity index (χ0) is 24.5. The molecule has 1 aliphatic rings. The molecule has 174 valence electrons. The standard InChI is InChI=1S/C21H20BrN3O8/c1-21(2,3)33-17-13(22)7-11(9-15(17)25(29)30)8-14-18(26)24(20(28)23-14)10-12-5-6-16(32-12)19(27)31-4/h5-9H,10H2,1-4H3,(H,23,28)/b14-8-. The van der Waals surface area contributed by atoms with Crippen molar-refractivity contribution in [3.63, 3.8) is 0 Å². The minimum atomic E-state index is -0.705. The van der Waals surface area contributed by atoms with Gasteiger partial charge in [0.15, 0.2) is 0 Å². The number of rotatable bonds is 6. The number of nitrogens with zero attached hydrogens (tertiary/aromatic N) is 2. The Balaban J connectivity index is 1.87. The molecule has 0 spiro atoms. The summed E-state index contributed by atoms with van der Waals surface area (Å²) in [6, 6.07) is 4.90. The van der Waals surface area contributed by atoms with Gasteiger partial charge in [-0.3, -0.25) is 19.8 Å². The second kappa shape index (κ2) is 9.06. The molecule has 0 saturated carbocycles. The Morgan fingerprint density at radius 3 is 2.61 bits per heavy atom. The lowest BCUT2D eigenvalue weighted by molar-refractivity contribution is -0.386. The molecule has 11 nitrogen and oxygen atoms in total. The lowest BCUT2D eigenvalue weighted by Crippen LogP contribution is -2.30. The topological polar surface area (TPSA) is 141 Å². The molecule has 1 aromatic carbocycles. The van der Waals surface area contributed by atoms with Crippen molar-refractivity contribution in [2.24, 2.45) is 0 Å². The molecule has 0 bridgehead atoms. The summed E-state index contributed by atoms with van der Waals surface area (Å²) in [5.74, 6) is -1.17. The number of carbonyl (C=O) groups is 3. The summed E-state index contributed by atoms with van der Waals surface area (Å²) >= 11 is 3.28. The van der Waals surface area contributed by atoms with Crippen LogP contribution >= 0.6 is 15.9 Å². The number of benzene rings is 1. The quantitative estimate of drug-likeness (QED) is 0.197. The van der Waals surface area contributed by atoms with Gasteiger partial charge >= 0.3 is 17.7 Å². The Bertz CT molecular complexity index is 1180. The molecule has 1 saturated heterocycles. The maximum absolute atomic E-state index is 12.8. The van der Waals surface area contributed by atoms with Gasteiger partial charge < -0.3 is 19.2 Å². The number of halogens is 1. The largest absolute Gasteiger partial charge is 0.480 e. The first-order valence-electron chi connectivity index (χ1n) is 9.58. The highest BCUT2D eigenvalue weighted by atomic mass is 79.9.